The van der Waals surface area contributed by atoms with E-state index in [9.17, 15) is 24.2 Å². The maximum atomic E-state index is 11.5. The number of hydrogen-bond donors (Lipinski definition) is 6. The predicted molar refractivity (Wildman–Crippen MR) is 92.5 cm³/mol. The van der Waals surface area contributed by atoms with Gasteiger partial charge in [-0.25, -0.2) is 24.1 Å². The van der Waals surface area contributed by atoms with Gasteiger partial charge in [-0.05, 0) is 0 Å². The summed E-state index contributed by atoms with van der Waals surface area (Å²) in [6.07, 6.45) is -3.20. The van der Waals surface area contributed by atoms with Crippen molar-refractivity contribution < 1.29 is 50.4 Å². The number of nitrogen functional groups attached to an aromatic ring is 1. The molecule has 3 rings (SSSR count). The Morgan fingerprint density at radius 3 is 2.54 bits per heavy atom. The number of nitrogens with two attached hydrogens (primary N) is 1. The average molecular weight is 454 g/mol. The van der Waals surface area contributed by atoms with Gasteiger partial charge in [-0.2, -0.15) is 4.31 Å². The molecule has 0 spiro atoms. The fourth-order valence-corrected chi connectivity index (χ4v) is 4.08. The molecular formula is C10H17MgN5O10P2. The smallest absolute Gasteiger partial charge is 1.00 e. The molecule has 1 unspecified atom stereocenters. The molecule has 5 atom stereocenters. The van der Waals surface area contributed by atoms with Gasteiger partial charge in [0.05, 0.1) is 12.9 Å². The summed E-state index contributed by atoms with van der Waals surface area (Å²) in [4.78, 5) is 38.1. The maximum Gasteiger partial charge on any atom is 2.00 e. The van der Waals surface area contributed by atoms with Crippen LogP contribution in [0.4, 0.5) is 5.82 Å². The molecule has 0 amide bonds. The first-order chi connectivity index (χ1) is 12.5. The van der Waals surface area contributed by atoms with Crippen LogP contribution in [0.1, 0.15) is 9.08 Å². The Kier molecular flexibility index (Phi) is 7.19. The molecule has 1 aliphatic rings. The number of fused-ring (bicyclic) bond motifs is 1. The summed E-state index contributed by atoms with van der Waals surface area (Å²) < 4.78 is 36.8. The number of aromatic nitrogens is 4. The van der Waals surface area contributed by atoms with Gasteiger partial charge in [0.15, 0.2) is 17.7 Å². The third-order valence-corrected chi connectivity index (χ3v) is 5.76. The van der Waals surface area contributed by atoms with Gasteiger partial charge in [0, 0.05) is 0 Å². The van der Waals surface area contributed by atoms with Crippen LogP contribution in [0.2, 0.25) is 0 Å². The first kappa shape index (κ1) is 23.5. The number of phosphoric acid groups is 2. The van der Waals surface area contributed by atoms with Crippen LogP contribution in [0.25, 0.3) is 11.2 Å². The van der Waals surface area contributed by atoms with E-state index in [4.69, 9.17) is 20.3 Å². The number of aliphatic hydroxyl groups is 2. The van der Waals surface area contributed by atoms with E-state index < -0.39 is 46.8 Å². The van der Waals surface area contributed by atoms with Crippen molar-refractivity contribution in [2.45, 2.75) is 24.5 Å². The van der Waals surface area contributed by atoms with Crippen LogP contribution < -0.4 is 5.73 Å². The van der Waals surface area contributed by atoms with Gasteiger partial charge in [-0.15, -0.1) is 0 Å². The Balaban J connectivity index is 0.00000280. The molecule has 18 heteroatoms. The van der Waals surface area contributed by atoms with Crippen molar-refractivity contribution in [3.63, 3.8) is 0 Å². The third-order valence-electron chi connectivity index (χ3n) is 3.61. The second kappa shape index (κ2) is 8.55. The fourth-order valence-electron chi connectivity index (χ4n) is 2.48. The van der Waals surface area contributed by atoms with Crippen molar-refractivity contribution >= 4 is 55.7 Å². The minimum absolute atomic E-state index is 0. The topological polar surface area (TPSA) is 233 Å². The molecule has 2 aromatic heterocycles. The number of phosphoric ester groups is 1. The van der Waals surface area contributed by atoms with Crippen molar-refractivity contribution in [2.75, 3.05) is 12.3 Å². The Morgan fingerprint density at radius 1 is 1.21 bits per heavy atom. The molecule has 7 N–H and O–H groups in total. The number of ether oxygens (including phenoxy) is 1. The van der Waals surface area contributed by atoms with E-state index in [2.05, 4.69) is 23.8 Å². The summed E-state index contributed by atoms with van der Waals surface area (Å²) in [6.45, 7) is -0.813. The van der Waals surface area contributed by atoms with E-state index in [1.807, 2.05) is 0 Å². The summed E-state index contributed by atoms with van der Waals surface area (Å²) in [6, 6.07) is 0. The standard InChI is InChI=1S/C10H15N5O10P2.Mg.2H/c11-8-5-9(13-2-12-8)15(3-14-5)10-7(17)6(16)4(24-10)1-23-27(21,22)25-26(18,19)20;;;/h2-4,6-7,10,16-17H,1H2,(H,21,22)(H2,11,12,13)(H2,18,19,20);;;/q;+2;2*-1/t4-,6-,7-,10-;;;/m1.../s1. The molecule has 2 aromatic rings. The zero-order valence-corrected chi connectivity index (χ0v) is 17.1. The summed E-state index contributed by atoms with van der Waals surface area (Å²) >= 11 is 0. The molecular weight excluding hydrogens is 436 g/mol. The molecule has 1 aliphatic heterocycles. The van der Waals surface area contributed by atoms with Gasteiger partial charge in [-0.3, -0.25) is 9.09 Å². The second-order valence-corrected chi connectivity index (χ2v) is 8.30. The summed E-state index contributed by atoms with van der Waals surface area (Å²) in [5.74, 6) is 0.0856. The SMILES string of the molecule is Nc1ncnc2c1ncn2[C@@H]1O[C@H](COP(=O)(O)OP(=O)(O)O)[C@@H](O)[C@H]1O.[H-].[H-].[Mg+2]. The van der Waals surface area contributed by atoms with Crippen molar-refractivity contribution in [1.29, 1.82) is 0 Å². The minimum Gasteiger partial charge on any atom is -1.00 e. The summed E-state index contributed by atoms with van der Waals surface area (Å²) in [5, 5.41) is 20.3. The van der Waals surface area contributed by atoms with Crippen molar-refractivity contribution in [3.8, 4) is 0 Å². The van der Waals surface area contributed by atoms with Crippen LogP contribution in [0.15, 0.2) is 12.7 Å². The zero-order chi connectivity index (χ0) is 20.0. The quantitative estimate of drug-likeness (QED) is 0.207. The fraction of sp³-hybridized carbons (Fsp3) is 0.500. The van der Waals surface area contributed by atoms with Crippen LogP contribution in [0.5, 0.6) is 0 Å². The van der Waals surface area contributed by atoms with Gasteiger partial charge in [0.2, 0.25) is 0 Å². The summed E-state index contributed by atoms with van der Waals surface area (Å²) in [5.41, 5.74) is 6.11. The van der Waals surface area contributed by atoms with E-state index in [-0.39, 0.29) is 42.9 Å². The van der Waals surface area contributed by atoms with Crippen LogP contribution >= 0.6 is 15.6 Å². The van der Waals surface area contributed by atoms with Gasteiger partial charge in [0.1, 0.15) is 30.2 Å². The normalized spacial score (nSPS) is 27.5. The predicted octanol–water partition coefficient (Wildman–Crippen LogP) is -1.90. The van der Waals surface area contributed by atoms with E-state index in [1.165, 1.54) is 10.9 Å². The second-order valence-electron chi connectivity index (χ2n) is 5.47. The zero-order valence-electron chi connectivity index (χ0n) is 15.9. The third kappa shape index (κ3) is 5.05. The van der Waals surface area contributed by atoms with Crippen molar-refractivity contribution in [2.24, 2.45) is 0 Å². The van der Waals surface area contributed by atoms with Crippen LogP contribution in [-0.2, 0) is 22.7 Å². The molecule has 3 heterocycles. The molecule has 0 saturated carbocycles. The molecule has 0 radical (unpaired) electrons. The van der Waals surface area contributed by atoms with Crippen LogP contribution in [-0.4, -0.2) is 92.4 Å². The molecule has 0 bridgehead atoms. The Hall–Kier alpha value is -0.744. The van der Waals surface area contributed by atoms with E-state index >= 15 is 0 Å². The maximum absolute atomic E-state index is 11.5. The first-order valence-electron chi connectivity index (χ1n) is 7.17. The van der Waals surface area contributed by atoms with Gasteiger partial charge < -0.3 is 38.2 Å². The van der Waals surface area contributed by atoms with Gasteiger partial charge in [0.25, 0.3) is 0 Å². The molecule has 1 fully saturated rings. The number of aliphatic hydroxyl groups excluding tert-OH is 2. The Morgan fingerprint density at radius 2 is 1.89 bits per heavy atom. The Bertz CT molecular complexity index is 949. The number of anilines is 1. The van der Waals surface area contributed by atoms with E-state index in [0.717, 1.165) is 6.33 Å². The number of rotatable bonds is 6. The molecule has 15 nitrogen and oxygen atoms in total. The molecule has 28 heavy (non-hydrogen) atoms. The molecule has 154 valence electrons. The average Bonchev–Trinajstić information content (AvgIpc) is 3.07. The molecule has 0 aliphatic carbocycles. The Labute approximate surface area is 175 Å². The minimum atomic E-state index is -5.29. The van der Waals surface area contributed by atoms with E-state index in [1.54, 1.807) is 0 Å². The van der Waals surface area contributed by atoms with Gasteiger partial charge >= 0.3 is 38.7 Å². The van der Waals surface area contributed by atoms with Gasteiger partial charge in [-0.1, -0.05) is 0 Å². The largest absolute Gasteiger partial charge is 2.00 e. The van der Waals surface area contributed by atoms with Crippen LogP contribution in [0, 0.1) is 0 Å². The van der Waals surface area contributed by atoms with Crippen molar-refractivity contribution in [3.05, 3.63) is 12.7 Å². The number of imidazole rings is 1. The molecule has 1 saturated heterocycles. The summed E-state index contributed by atoms with van der Waals surface area (Å²) in [7, 11) is -10.4. The van der Waals surface area contributed by atoms with Crippen LogP contribution in [0.3, 0.4) is 0 Å². The monoisotopic (exact) mass is 453 g/mol. The molecule has 0 aromatic carbocycles. The van der Waals surface area contributed by atoms with Crippen molar-refractivity contribution in [1.82, 2.24) is 19.5 Å². The number of nitrogens with zero attached hydrogens (tertiary/aromatic N) is 4. The van der Waals surface area contributed by atoms with E-state index in [0.29, 0.717) is 0 Å². The first-order valence-corrected chi connectivity index (χ1v) is 10.2. The number of hydrogen-bond acceptors (Lipinski definition) is 11.